The molecular weight excluding hydrogens is 397 g/mol. The van der Waals surface area contributed by atoms with Gasteiger partial charge in [-0.05, 0) is 50.1 Å². The second-order valence-electron chi connectivity index (χ2n) is 7.62. The lowest BCUT2D eigenvalue weighted by Crippen LogP contribution is -2.43. The van der Waals surface area contributed by atoms with Crippen LogP contribution in [-0.4, -0.2) is 40.0 Å². The topological polar surface area (TPSA) is 123 Å². The van der Waals surface area contributed by atoms with Crippen LogP contribution < -0.4 is 21.7 Å². The van der Waals surface area contributed by atoms with Gasteiger partial charge in [-0.25, -0.2) is 9.97 Å². The Bertz CT molecular complexity index is 1120. The van der Waals surface area contributed by atoms with Crippen molar-refractivity contribution >= 4 is 23.0 Å². The van der Waals surface area contributed by atoms with E-state index in [1.807, 2.05) is 6.07 Å². The van der Waals surface area contributed by atoms with Gasteiger partial charge in [0.25, 0.3) is 5.91 Å². The van der Waals surface area contributed by atoms with Crippen molar-refractivity contribution in [1.29, 1.82) is 0 Å². The number of hydrogen-bond acceptors (Lipinski definition) is 7. The molecule has 0 saturated carbocycles. The van der Waals surface area contributed by atoms with Crippen LogP contribution in [0.4, 0.5) is 21.5 Å². The van der Waals surface area contributed by atoms with Gasteiger partial charge in [0, 0.05) is 31.0 Å². The van der Waals surface area contributed by atoms with Gasteiger partial charge in [0.15, 0.2) is 5.69 Å². The number of nitrogens with one attached hydrogen (secondary N) is 1. The molecule has 0 aliphatic carbocycles. The number of rotatable bonds is 4. The quantitative estimate of drug-likeness (QED) is 0.554. The minimum Gasteiger partial charge on any atom is -0.397 e. The predicted molar refractivity (Wildman–Crippen MR) is 118 cm³/mol. The molecule has 1 aliphatic heterocycles. The highest BCUT2D eigenvalue weighted by Crippen LogP contribution is 2.28. The molecule has 1 saturated heterocycles. The van der Waals surface area contributed by atoms with Gasteiger partial charge in [-0.1, -0.05) is 0 Å². The van der Waals surface area contributed by atoms with Gasteiger partial charge in [-0.15, -0.1) is 0 Å². The fourth-order valence-corrected chi connectivity index (χ4v) is 3.69. The summed E-state index contributed by atoms with van der Waals surface area (Å²) in [6.45, 7) is 3.24. The van der Waals surface area contributed by atoms with Gasteiger partial charge in [0.2, 0.25) is 5.95 Å². The molecule has 160 valence electrons. The first-order valence-electron chi connectivity index (χ1n) is 10.1. The molecule has 5 N–H and O–H groups in total. The van der Waals surface area contributed by atoms with Crippen molar-refractivity contribution < 1.29 is 9.18 Å². The average Bonchev–Trinajstić information content (AvgIpc) is 2.75. The van der Waals surface area contributed by atoms with E-state index in [2.05, 4.69) is 25.2 Å². The summed E-state index contributed by atoms with van der Waals surface area (Å²) in [5.41, 5.74) is 14.7. The molecule has 1 unspecified atom stereocenters. The third kappa shape index (κ3) is 4.46. The molecule has 0 radical (unpaired) electrons. The molecule has 8 nitrogen and oxygen atoms in total. The summed E-state index contributed by atoms with van der Waals surface area (Å²) in [5.74, 6) is -1.16. The smallest absolute Gasteiger partial charge is 0.276 e. The van der Waals surface area contributed by atoms with Gasteiger partial charge in [-0.3, -0.25) is 9.78 Å². The fraction of sp³-hybridized carbons (Fsp3) is 0.273. The molecule has 1 amide bonds. The molecule has 3 aromatic rings. The maximum atomic E-state index is 14.3. The molecular formula is C22H24FN7O. The number of aryl methyl sites for hydroxylation is 1. The van der Waals surface area contributed by atoms with Crippen molar-refractivity contribution in [3.05, 3.63) is 60.1 Å². The standard InChI is InChI=1S/C22H24FN7O/c1-13-4-5-15(21(23)27-13)17-7-6-16(25)20(28-17)22(31)29-18-11-26-9-8-19(18)30-10-2-3-14(24)12-30/h4-9,11,14H,2-3,10,12,24-25H2,1H3,(H,29,31). The first-order valence-corrected chi connectivity index (χ1v) is 10.1. The van der Waals surface area contributed by atoms with E-state index in [4.69, 9.17) is 11.5 Å². The molecule has 4 heterocycles. The van der Waals surface area contributed by atoms with Crippen LogP contribution in [0, 0.1) is 12.9 Å². The molecule has 1 aliphatic rings. The SMILES string of the molecule is Cc1ccc(-c2ccc(N)c(C(=O)Nc3cnccc3N3CCCC(N)C3)n2)c(F)n1. The van der Waals surface area contributed by atoms with Gasteiger partial charge in [-0.2, -0.15) is 4.39 Å². The van der Waals surface area contributed by atoms with E-state index in [1.54, 1.807) is 37.5 Å². The number of hydrogen-bond donors (Lipinski definition) is 3. The first-order chi connectivity index (χ1) is 14.9. The minimum atomic E-state index is -0.653. The lowest BCUT2D eigenvalue weighted by Gasteiger charge is -2.33. The zero-order valence-electron chi connectivity index (χ0n) is 17.2. The highest BCUT2D eigenvalue weighted by atomic mass is 19.1. The van der Waals surface area contributed by atoms with E-state index in [0.717, 1.165) is 25.1 Å². The molecule has 0 spiro atoms. The predicted octanol–water partition coefficient (Wildman–Crippen LogP) is 2.75. The van der Waals surface area contributed by atoms with E-state index < -0.39 is 11.9 Å². The molecule has 0 aromatic carbocycles. The van der Waals surface area contributed by atoms with Crippen molar-refractivity contribution in [3.8, 4) is 11.3 Å². The van der Waals surface area contributed by atoms with Crippen LogP contribution >= 0.6 is 0 Å². The summed E-state index contributed by atoms with van der Waals surface area (Å²) < 4.78 is 14.3. The number of piperidine rings is 1. The highest BCUT2D eigenvalue weighted by molar-refractivity contribution is 6.07. The van der Waals surface area contributed by atoms with E-state index in [9.17, 15) is 9.18 Å². The number of nitrogen functional groups attached to an aromatic ring is 1. The average molecular weight is 421 g/mol. The van der Waals surface area contributed by atoms with Gasteiger partial charge in [0.1, 0.15) is 0 Å². The molecule has 1 fully saturated rings. The van der Waals surface area contributed by atoms with E-state index in [-0.39, 0.29) is 28.7 Å². The van der Waals surface area contributed by atoms with Crippen LogP contribution in [0.15, 0.2) is 42.7 Å². The molecule has 31 heavy (non-hydrogen) atoms. The normalized spacial score (nSPS) is 16.2. The van der Waals surface area contributed by atoms with E-state index in [1.165, 1.54) is 6.07 Å². The second kappa shape index (κ2) is 8.65. The van der Waals surface area contributed by atoms with Gasteiger partial charge >= 0.3 is 0 Å². The Labute approximate surface area is 179 Å². The number of nitrogens with two attached hydrogens (primary N) is 2. The number of carbonyl (C=O) groups excluding carboxylic acids is 1. The highest BCUT2D eigenvalue weighted by Gasteiger charge is 2.22. The minimum absolute atomic E-state index is 0.00243. The molecule has 1 atom stereocenters. The van der Waals surface area contributed by atoms with Crippen molar-refractivity contribution in [2.75, 3.05) is 29.0 Å². The monoisotopic (exact) mass is 421 g/mol. The third-order valence-corrected chi connectivity index (χ3v) is 5.25. The summed E-state index contributed by atoms with van der Waals surface area (Å²) in [7, 11) is 0. The molecule has 9 heteroatoms. The van der Waals surface area contributed by atoms with Crippen LogP contribution in [0.2, 0.25) is 0 Å². The fourth-order valence-electron chi connectivity index (χ4n) is 3.69. The van der Waals surface area contributed by atoms with Crippen LogP contribution in [0.1, 0.15) is 29.0 Å². The number of amides is 1. The van der Waals surface area contributed by atoms with Crippen LogP contribution in [0.5, 0.6) is 0 Å². The number of carbonyl (C=O) groups is 1. The van der Waals surface area contributed by atoms with Crippen LogP contribution in [0.25, 0.3) is 11.3 Å². The number of halogens is 1. The largest absolute Gasteiger partial charge is 0.397 e. The van der Waals surface area contributed by atoms with Crippen molar-refractivity contribution in [3.63, 3.8) is 0 Å². The first kappa shape index (κ1) is 20.7. The Kier molecular flexibility index (Phi) is 5.77. The van der Waals surface area contributed by atoms with Crippen LogP contribution in [0.3, 0.4) is 0 Å². The molecule has 0 bridgehead atoms. The summed E-state index contributed by atoms with van der Waals surface area (Å²) in [6.07, 6.45) is 5.20. The van der Waals surface area contributed by atoms with Crippen LogP contribution in [-0.2, 0) is 0 Å². The number of pyridine rings is 3. The molecule has 3 aromatic heterocycles. The number of nitrogens with zero attached hydrogens (tertiary/aromatic N) is 4. The third-order valence-electron chi connectivity index (χ3n) is 5.25. The summed E-state index contributed by atoms with van der Waals surface area (Å²) in [4.78, 5) is 27.4. The summed E-state index contributed by atoms with van der Waals surface area (Å²) >= 11 is 0. The Morgan fingerprint density at radius 3 is 2.84 bits per heavy atom. The Morgan fingerprint density at radius 1 is 1.23 bits per heavy atom. The second-order valence-corrected chi connectivity index (χ2v) is 7.62. The summed E-state index contributed by atoms with van der Waals surface area (Å²) in [5, 5.41) is 2.85. The Hall–Kier alpha value is -3.59. The van der Waals surface area contributed by atoms with Crippen molar-refractivity contribution in [1.82, 2.24) is 15.0 Å². The molecule has 4 rings (SSSR count). The maximum Gasteiger partial charge on any atom is 0.276 e. The van der Waals surface area contributed by atoms with E-state index >= 15 is 0 Å². The lowest BCUT2D eigenvalue weighted by atomic mass is 10.1. The van der Waals surface area contributed by atoms with Crippen molar-refractivity contribution in [2.24, 2.45) is 5.73 Å². The van der Waals surface area contributed by atoms with Gasteiger partial charge in [0.05, 0.1) is 34.5 Å². The maximum absolute atomic E-state index is 14.3. The Balaban J connectivity index is 1.63. The zero-order chi connectivity index (χ0) is 22.0. The zero-order valence-corrected chi connectivity index (χ0v) is 17.2. The number of aromatic nitrogens is 3. The van der Waals surface area contributed by atoms with Crippen molar-refractivity contribution in [2.45, 2.75) is 25.8 Å². The van der Waals surface area contributed by atoms with Gasteiger partial charge < -0.3 is 21.7 Å². The summed E-state index contributed by atoms with van der Waals surface area (Å²) in [6, 6.07) is 8.28. The number of anilines is 3. The van der Waals surface area contributed by atoms with E-state index in [0.29, 0.717) is 17.9 Å². The Morgan fingerprint density at radius 2 is 2.06 bits per heavy atom. The lowest BCUT2D eigenvalue weighted by molar-refractivity contribution is 0.102.